The van der Waals surface area contributed by atoms with Crippen LogP contribution in [0.2, 0.25) is 0 Å². The van der Waals surface area contributed by atoms with Gasteiger partial charge in [0, 0.05) is 25.2 Å². The van der Waals surface area contributed by atoms with Gasteiger partial charge in [0.1, 0.15) is 5.75 Å². The molecule has 0 aromatic heterocycles. The second-order valence-corrected chi connectivity index (χ2v) is 6.34. The monoisotopic (exact) mass is 350 g/mol. The Bertz CT molecular complexity index is 541. The first-order valence-corrected chi connectivity index (χ1v) is 8.69. The standard InChI is InChI=1S/C19H30N2O4/c1-6-24-18(22)11-12-21(14-13-20(4)5)19(23)16-7-9-17(10-8-16)25-15(2)3/h7-10,15H,6,11-14H2,1-5H3. The van der Waals surface area contributed by atoms with E-state index in [9.17, 15) is 9.59 Å². The molecule has 0 spiro atoms. The Hall–Kier alpha value is -2.08. The van der Waals surface area contributed by atoms with Crippen LogP contribution in [0.1, 0.15) is 37.6 Å². The molecule has 0 N–H and O–H groups in total. The number of benzene rings is 1. The summed E-state index contributed by atoms with van der Waals surface area (Å²) < 4.78 is 10.6. The summed E-state index contributed by atoms with van der Waals surface area (Å²) in [6.45, 7) is 7.65. The average Bonchev–Trinajstić information content (AvgIpc) is 2.54. The van der Waals surface area contributed by atoms with Crippen LogP contribution in [-0.4, -0.2) is 68.1 Å². The van der Waals surface area contributed by atoms with Crippen LogP contribution in [0.15, 0.2) is 24.3 Å². The molecule has 1 aromatic rings. The molecule has 0 saturated carbocycles. The summed E-state index contributed by atoms with van der Waals surface area (Å²) in [6, 6.07) is 7.10. The lowest BCUT2D eigenvalue weighted by Crippen LogP contribution is -2.38. The molecule has 0 radical (unpaired) electrons. The number of rotatable bonds is 10. The highest BCUT2D eigenvalue weighted by Gasteiger charge is 2.17. The lowest BCUT2D eigenvalue weighted by molar-refractivity contribution is -0.143. The molecule has 0 aliphatic rings. The third kappa shape index (κ3) is 8.03. The van der Waals surface area contributed by atoms with Crippen molar-refractivity contribution in [2.45, 2.75) is 33.3 Å². The van der Waals surface area contributed by atoms with Gasteiger partial charge in [-0.05, 0) is 59.1 Å². The molecule has 1 amide bonds. The summed E-state index contributed by atoms with van der Waals surface area (Å²) in [7, 11) is 3.90. The number of hydrogen-bond donors (Lipinski definition) is 0. The zero-order valence-electron chi connectivity index (χ0n) is 15.9. The van der Waals surface area contributed by atoms with Gasteiger partial charge in [-0.25, -0.2) is 0 Å². The number of likely N-dealkylation sites (N-methyl/N-ethyl adjacent to an activating group) is 1. The molecule has 6 nitrogen and oxygen atoms in total. The lowest BCUT2D eigenvalue weighted by Gasteiger charge is -2.24. The topological polar surface area (TPSA) is 59.1 Å². The SMILES string of the molecule is CCOC(=O)CCN(CCN(C)C)C(=O)c1ccc(OC(C)C)cc1. The minimum atomic E-state index is -0.286. The Morgan fingerprint density at radius 3 is 2.20 bits per heavy atom. The maximum atomic E-state index is 12.8. The molecule has 1 rings (SSSR count). The van der Waals surface area contributed by atoms with Gasteiger partial charge >= 0.3 is 5.97 Å². The first-order valence-electron chi connectivity index (χ1n) is 8.69. The predicted molar refractivity (Wildman–Crippen MR) is 97.9 cm³/mol. The molecule has 0 aliphatic heterocycles. The second-order valence-electron chi connectivity index (χ2n) is 6.34. The smallest absolute Gasteiger partial charge is 0.307 e. The van der Waals surface area contributed by atoms with E-state index in [0.29, 0.717) is 25.3 Å². The third-order valence-electron chi connectivity index (χ3n) is 3.47. The third-order valence-corrected chi connectivity index (χ3v) is 3.47. The Morgan fingerprint density at radius 1 is 1.04 bits per heavy atom. The van der Waals surface area contributed by atoms with Crippen molar-refractivity contribution < 1.29 is 19.1 Å². The quantitative estimate of drug-likeness (QED) is 0.607. The summed E-state index contributed by atoms with van der Waals surface area (Å²) >= 11 is 0. The van der Waals surface area contributed by atoms with Gasteiger partial charge in [0.15, 0.2) is 0 Å². The molecule has 0 saturated heterocycles. The van der Waals surface area contributed by atoms with Crippen LogP contribution in [0, 0.1) is 0 Å². The fourth-order valence-electron chi connectivity index (χ4n) is 2.23. The maximum Gasteiger partial charge on any atom is 0.307 e. The molecule has 140 valence electrons. The van der Waals surface area contributed by atoms with Gasteiger partial charge in [-0.3, -0.25) is 9.59 Å². The summed E-state index contributed by atoms with van der Waals surface area (Å²) in [5.41, 5.74) is 0.582. The minimum absolute atomic E-state index is 0.0859. The number of hydrogen-bond acceptors (Lipinski definition) is 5. The Kier molecular flexibility index (Phi) is 8.99. The van der Waals surface area contributed by atoms with E-state index in [1.165, 1.54) is 0 Å². The van der Waals surface area contributed by atoms with Crippen LogP contribution in [0.4, 0.5) is 0 Å². The number of carbonyl (C=O) groups excluding carboxylic acids is 2. The van der Waals surface area contributed by atoms with Gasteiger partial charge in [-0.1, -0.05) is 0 Å². The van der Waals surface area contributed by atoms with E-state index in [1.807, 2.05) is 32.8 Å². The minimum Gasteiger partial charge on any atom is -0.491 e. The average molecular weight is 350 g/mol. The van der Waals surface area contributed by atoms with Gasteiger partial charge in [0.05, 0.1) is 19.1 Å². The van der Waals surface area contributed by atoms with Crippen molar-refractivity contribution in [3.63, 3.8) is 0 Å². The van der Waals surface area contributed by atoms with E-state index in [-0.39, 0.29) is 24.4 Å². The fourth-order valence-corrected chi connectivity index (χ4v) is 2.23. The lowest BCUT2D eigenvalue weighted by atomic mass is 10.2. The van der Waals surface area contributed by atoms with Crippen molar-refractivity contribution in [2.75, 3.05) is 40.3 Å². The number of nitrogens with zero attached hydrogens (tertiary/aromatic N) is 2. The van der Waals surface area contributed by atoms with E-state index in [2.05, 4.69) is 0 Å². The summed E-state index contributed by atoms with van der Waals surface area (Å²) in [5.74, 6) is 0.353. The Labute approximate surface area is 150 Å². The fraction of sp³-hybridized carbons (Fsp3) is 0.579. The number of esters is 1. The van der Waals surface area contributed by atoms with Crippen molar-refractivity contribution in [3.05, 3.63) is 29.8 Å². The van der Waals surface area contributed by atoms with Crippen molar-refractivity contribution in [3.8, 4) is 5.75 Å². The maximum absolute atomic E-state index is 12.8. The normalized spacial score (nSPS) is 10.8. The Balaban J connectivity index is 2.77. The van der Waals surface area contributed by atoms with Gasteiger partial charge in [-0.15, -0.1) is 0 Å². The zero-order valence-corrected chi connectivity index (χ0v) is 15.9. The summed E-state index contributed by atoms with van der Waals surface area (Å²) in [6.07, 6.45) is 0.282. The molecule has 6 heteroatoms. The van der Waals surface area contributed by atoms with Crippen LogP contribution < -0.4 is 4.74 Å². The van der Waals surface area contributed by atoms with Crippen LogP contribution in [0.3, 0.4) is 0 Å². The van der Waals surface area contributed by atoms with Gasteiger partial charge < -0.3 is 19.3 Å². The molecule has 0 atom stereocenters. The number of ether oxygens (including phenoxy) is 2. The van der Waals surface area contributed by atoms with Crippen molar-refractivity contribution in [1.82, 2.24) is 9.80 Å². The van der Waals surface area contributed by atoms with Crippen molar-refractivity contribution >= 4 is 11.9 Å². The van der Waals surface area contributed by atoms with E-state index in [1.54, 1.807) is 36.1 Å². The summed E-state index contributed by atoms with van der Waals surface area (Å²) in [4.78, 5) is 28.1. The zero-order chi connectivity index (χ0) is 18.8. The molecule has 0 fully saturated rings. The van der Waals surface area contributed by atoms with Crippen LogP contribution in [0.25, 0.3) is 0 Å². The molecular formula is C19H30N2O4. The molecule has 25 heavy (non-hydrogen) atoms. The molecule has 0 aliphatic carbocycles. The molecule has 0 unspecified atom stereocenters. The number of amides is 1. The molecule has 0 bridgehead atoms. The van der Waals surface area contributed by atoms with Crippen molar-refractivity contribution in [2.24, 2.45) is 0 Å². The van der Waals surface area contributed by atoms with Gasteiger partial charge in [0.25, 0.3) is 5.91 Å². The van der Waals surface area contributed by atoms with Crippen molar-refractivity contribution in [1.29, 1.82) is 0 Å². The number of carbonyl (C=O) groups is 2. The van der Waals surface area contributed by atoms with E-state index in [4.69, 9.17) is 9.47 Å². The van der Waals surface area contributed by atoms with Crippen LogP contribution in [-0.2, 0) is 9.53 Å². The Morgan fingerprint density at radius 2 is 1.68 bits per heavy atom. The highest BCUT2D eigenvalue weighted by Crippen LogP contribution is 2.15. The first kappa shape index (κ1) is 21.0. The summed E-state index contributed by atoms with van der Waals surface area (Å²) in [5, 5.41) is 0. The van der Waals surface area contributed by atoms with Gasteiger partial charge in [0.2, 0.25) is 0 Å². The van der Waals surface area contributed by atoms with Gasteiger partial charge in [-0.2, -0.15) is 0 Å². The second kappa shape index (κ2) is 10.7. The molecule has 1 aromatic carbocycles. The first-order chi connectivity index (χ1) is 11.8. The van der Waals surface area contributed by atoms with E-state index < -0.39 is 0 Å². The predicted octanol–water partition coefficient (Wildman–Crippen LogP) is 2.43. The molecule has 0 heterocycles. The highest BCUT2D eigenvalue weighted by atomic mass is 16.5. The van der Waals surface area contributed by atoms with E-state index in [0.717, 1.165) is 12.3 Å². The van der Waals surface area contributed by atoms with Crippen LogP contribution >= 0.6 is 0 Å². The highest BCUT2D eigenvalue weighted by molar-refractivity contribution is 5.94. The largest absolute Gasteiger partial charge is 0.491 e. The molecular weight excluding hydrogens is 320 g/mol. The van der Waals surface area contributed by atoms with Crippen LogP contribution in [0.5, 0.6) is 5.75 Å². The van der Waals surface area contributed by atoms with E-state index >= 15 is 0 Å².